The maximum absolute atomic E-state index is 14.3. The first-order valence-corrected chi connectivity index (χ1v) is 7.96. The van der Waals surface area contributed by atoms with Crippen molar-refractivity contribution in [3.8, 4) is 0 Å². The van der Waals surface area contributed by atoms with Crippen LogP contribution in [0.5, 0.6) is 0 Å². The maximum atomic E-state index is 14.3. The maximum Gasteiger partial charge on any atom is 0.131 e. The smallest absolute Gasteiger partial charge is 0.131 e. The van der Waals surface area contributed by atoms with E-state index in [1.54, 1.807) is 0 Å². The van der Waals surface area contributed by atoms with Gasteiger partial charge in [-0.15, -0.1) is 0 Å². The SMILES string of the molecule is CCNC(c1c(F)cccc1F)C1(OCC)CCCCC1. The topological polar surface area (TPSA) is 21.3 Å². The van der Waals surface area contributed by atoms with Gasteiger partial charge < -0.3 is 10.1 Å². The van der Waals surface area contributed by atoms with Crippen molar-refractivity contribution in [3.05, 3.63) is 35.4 Å². The molecule has 2 rings (SSSR count). The molecule has 1 aliphatic carbocycles. The minimum absolute atomic E-state index is 0.120. The van der Waals surface area contributed by atoms with Crippen molar-refractivity contribution in [2.75, 3.05) is 13.2 Å². The fourth-order valence-electron chi connectivity index (χ4n) is 3.50. The van der Waals surface area contributed by atoms with Crippen LogP contribution >= 0.6 is 0 Å². The van der Waals surface area contributed by atoms with Crippen molar-refractivity contribution in [1.29, 1.82) is 0 Å². The summed E-state index contributed by atoms with van der Waals surface area (Å²) in [6, 6.07) is 3.62. The molecular formula is C17H25F2NO. The van der Waals surface area contributed by atoms with E-state index in [-0.39, 0.29) is 5.56 Å². The molecule has 1 aromatic rings. The second-order valence-electron chi connectivity index (χ2n) is 5.68. The zero-order valence-electron chi connectivity index (χ0n) is 12.9. The second-order valence-corrected chi connectivity index (χ2v) is 5.68. The highest BCUT2D eigenvalue weighted by Gasteiger charge is 2.43. The molecule has 1 aromatic carbocycles. The Bertz CT molecular complexity index is 432. The Labute approximate surface area is 125 Å². The monoisotopic (exact) mass is 297 g/mol. The van der Waals surface area contributed by atoms with E-state index in [4.69, 9.17) is 4.74 Å². The third-order valence-electron chi connectivity index (χ3n) is 4.35. The molecular weight excluding hydrogens is 272 g/mol. The molecule has 4 heteroatoms. The third-order valence-corrected chi connectivity index (χ3v) is 4.35. The Kier molecular flexibility index (Phi) is 5.71. The van der Waals surface area contributed by atoms with Crippen LogP contribution in [-0.2, 0) is 4.74 Å². The summed E-state index contributed by atoms with van der Waals surface area (Å²) in [7, 11) is 0. The van der Waals surface area contributed by atoms with Gasteiger partial charge in [-0.1, -0.05) is 32.3 Å². The lowest BCUT2D eigenvalue weighted by Gasteiger charge is -2.44. The van der Waals surface area contributed by atoms with Crippen molar-refractivity contribution in [3.63, 3.8) is 0 Å². The number of nitrogens with one attached hydrogen (secondary N) is 1. The van der Waals surface area contributed by atoms with Gasteiger partial charge in [-0.25, -0.2) is 8.78 Å². The van der Waals surface area contributed by atoms with Crippen LogP contribution in [0.1, 0.15) is 57.6 Å². The van der Waals surface area contributed by atoms with E-state index < -0.39 is 23.3 Å². The van der Waals surface area contributed by atoms with Crippen LogP contribution in [0.2, 0.25) is 0 Å². The third kappa shape index (κ3) is 3.43. The quantitative estimate of drug-likeness (QED) is 0.842. The van der Waals surface area contributed by atoms with Gasteiger partial charge in [0.2, 0.25) is 0 Å². The van der Waals surface area contributed by atoms with Gasteiger partial charge in [0.1, 0.15) is 11.6 Å². The zero-order valence-corrected chi connectivity index (χ0v) is 12.9. The number of halogens is 2. The molecule has 1 fully saturated rings. The van der Waals surface area contributed by atoms with Crippen molar-refractivity contribution in [2.45, 2.75) is 57.6 Å². The normalized spacial score (nSPS) is 19.4. The summed E-state index contributed by atoms with van der Waals surface area (Å²) in [6.07, 6.45) is 4.92. The highest BCUT2D eigenvalue weighted by molar-refractivity contribution is 5.26. The molecule has 1 N–H and O–H groups in total. The Balaban J connectivity index is 2.44. The largest absolute Gasteiger partial charge is 0.373 e. The summed E-state index contributed by atoms with van der Waals surface area (Å²) in [5, 5.41) is 3.27. The number of hydrogen-bond acceptors (Lipinski definition) is 2. The van der Waals surface area contributed by atoms with E-state index in [1.165, 1.54) is 18.2 Å². The summed E-state index contributed by atoms with van der Waals surface area (Å²) >= 11 is 0. The van der Waals surface area contributed by atoms with Gasteiger partial charge >= 0.3 is 0 Å². The van der Waals surface area contributed by atoms with Gasteiger partial charge in [-0.2, -0.15) is 0 Å². The van der Waals surface area contributed by atoms with Crippen molar-refractivity contribution in [2.24, 2.45) is 0 Å². The average Bonchev–Trinajstić information content (AvgIpc) is 2.47. The Hall–Kier alpha value is -1.00. The molecule has 0 heterocycles. The molecule has 0 amide bonds. The molecule has 1 saturated carbocycles. The minimum Gasteiger partial charge on any atom is -0.373 e. The van der Waals surface area contributed by atoms with Gasteiger partial charge in [0.15, 0.2) is 0 Å². The van der Waals surface area contributed by atoms with Crippen LogP contribution in [0.3, 0.4) is 0 Å². The predicted octanol–water partition coefficient (Wildman–Crippen LogP) is 4.35. The lowest BCUT2D eigenvalue weighted by molar-refractivity contribution is -0.0922. The van der Waals surface area contributed by atoms with Gasteiger partial charge in [0, 0.05) is 12.2 Å². The van der Waals surface area contributed by atoms with E-state index >= 15 is 0 Å². The summed E-state index contributed by atoms with van der Waals surface area (Å²) in [5.74, 6) is -0.990. The van der Waals surface area contributed by atoms with Gasteiger partial charge in [0.25, 0.3) is 0 Å². The first-order chi connectivity index (χ1) is 10.1. The van der Waals surface area contributed by atoms with E-state index in [9.17, 15) is 8.78 Å². The lowest BCUT2D eigenvalue weighted by atomic mass is 9.76. The highest BCUT2D eigenvalue weighted by atomic mass is 19.1. The molecule has 0 bridgehead atoms. The molecule has 0 radical (unpaired) electrons. The van der Waals surface area contributed by atoms with Crippen LogP contribution in [0.15, 0.2) is 18.2 Å². The Morgan fingerprint density at radius 2 is 1.76 bits per heavy atom. The summed E-state index contributed by atoms with van der Waals surface area (Å²) in [6.45, 7) is 5.09. The van der Waals surface area contributed by atoms with Crippen molar-refractivity contribution >= 4 is 0 Å². The molecule has 1 unspecified atom stereocenters. The van der Waals surface area contributed by atoms with E-state index in [2.05, 4.69) is 5.32 Å². The molecule has 0 aliphatic heterocycles. The molecule has 0 spiro atoms. The number of benzene rings is 1. The molecule has 2 nitrogen and oxygen atoms in total. The molecule has 1 aliphatic rings. The van der Waals surface area contributed by atoms with Gasteiger partial charge in [-0.3, -0.25) is 0 Å². The van der Waals surface area contributed by atoms with Gasteiger partial charge in [0.05, 0.1) is 11.6 Å². The number of rotatable bonds is 6. The molecule has 1 atom stereocenters. The molecule has 0 aromatic heterocycles. The van der Waals surface area contributed by atoms with E-state index in [0.717, 1.165) is 32.1 Å². The van der Waals surface area contributed by atoms with Crippen LogP contribution in [0.25, 0.3) is 0 Å². The molecule has 21 heavy (non-hydrogen) atoms. The van der Waals surface area contributed by atoms with Gasteiger partial charge in [-0.05, 0) is 38.4 Å². The minimum atomic E-state index is -0.508. The Morgan fingerprint density at radius 1 is 1.14 bits per heavy atom. The fraction of sp³-hybridized carbons (Fsp3) is 0.647. The zero-order chi connectivity index (χ0) is 15.3. The average molecular weight is 297 g/mol. The summed E-state index contributed by atoms with van der Waals surface area (Å²) in [4.78, 5) is 0. The van der Waals surface area contributed by atoms with Crippen molar-refractivity contribution < 1.29 is 13.5 Å². The second kappa shape index (κ2) is 7.32. The predicted molar refractivity (Wildman–Crippen MR) is 80.2 cm³/mol. The Morgan fingerprint density at radius 3 is 2.29 bits per heavy atom. The lowest BCUT2D eigenvalue weighted by Crippen LogP contribution is -2.48. The van der Waals surface area contributed by atoms with E-state index in [0.29, 0.717) is 13.2 Å². The number of ether oxygens (including phenoxy) is 1. The summed E-state index contributed by atoms with van der Waals surface area (Å²) < 4.78 is 34.6. The molecule has 0 saturated heterocycles. The standard InChI is InChI=1S/C17H25F2NO/c1-3-20-16(15-13(18)9-8-10-14(15)19)17(21-4-2)11-6-5-7-12-17/h8-10,16,20H,3-7,11-12H2,1-2H3. The number of hydrogen-bond donors (Lipinski definition) is 1. The fourth-order valence-corrected chi connectivity index (χ4v) is 3.50. The van der Waals surface area contributed by atoms with Crippen LogP contribution in [0, 0.1) is 11.6 Å². The van der Waals surface area contributed by atoms with Crippen LogP contribution in [-0.4, -0.2) is 18.8 Å². The summed E-state index contributed by atoms with van der Waals surface area (Å²) in [5.41, 5.74) is -0.388. The van der Waals surface area contributed by atoms with Crippen LogP contribution in [0.4, 0.5) is 8.78 Å². The molecule has 118 valence electrons. The van der Waals surface area contributed by atoms with E-state index in [1.807, 2.05) is 13.8 Å². The van der Waals surface area contributed by atoms with Crippen molar-refractivity contribution in [1.82, 2.24) is 5.32 Å². The number of likely N-dealkylation sites (N-methyl/N-ethyl adjacent to an activating group) is 1. The van der Waals surface area contributed by atoms with Crippen LogP contribution < -0.4 is 5.32 Å². The highest BCUT2D eigenvalue weighted by Crippen LogP contribution is 2.42. The first-order valence-electron chi connectivity index (χ1n) is 7.96. The first kappa shape index (κ1) is 16.4.